The van der Waals surface area contributed by atoms with Crippen LogP contribution in [0.3, 0.4) is 0 Å². The van der Waals surface area contributed by atoms with E-state index in [9.17, 15) is 18.0 Å². The van der Waals surface area contributed by atoms with Crippen LogP contribution in [0.25, 0.3) is 0 Å². The lowest BCUT2D eigenvalue weighted by Gasteiger charge is -2.10. The molecule has 1 amide bonds. The van der Waals surface area contributed by atoms with Crippen LogP contribution in [0.5, 0.6) is 0 Å². The first-order valence-electron chi connectivity index (χ1n) is 3.69. The highest BCUT2D eigenvalue weighted by molar-refractivity contribution is 7.89. The Morgan fingerprint density at radius 3 is 2.29 bits per heavy atom. The van der Waals surface area contributed by atoms with Crippen LogP contribution in [0.15, 0.2) is 0 Å². The Morgan fingerprint density at radius 1 is 1.43 bits per heavy atom. The van der Waals surface area contributed by atoms with Crippen molar-refractivity contribution in [2.45, 2.75) is 13.0 Å². The van der Waals surface area contributed by atoms with Crippen molar-refractivity contribution in [2.75, 3.05) is 12.8 Å². The van der Waals surface area contributed by atoms with Gasteiger partial charge in [0.2, 0.25) is 15.9 Å². The van der Waals surface area contributed by atoms with Gasteiger partial charge in [-0.1, -0.05) is 0 Å². The summed E-state index contributed by atoms with van der Waals surface area (Å²) in [6.45, 7) is 0.960. The number of amides is 1. The summed E-state index contributed by atoms with van der Waals surface area (Å²) in [6, 6.07) is -0.874. The Balaban J connectivity index is 4.07. The van der Waals surface area contributed by atoms with E-state index in [0.29, 0.717) is 0 Å². The highest BCUT2D eigenvalue weighted by atomic mass is 32.2. The molecule has 82 valence electrons. The Bertz CT molecular complexity index is 323. The van der Waals surface area contributed by atoms with E-state index in [1.807, 2.05) is 0 Å². The van der Waals surface area contributed by atoms with E-state index in [4.69, 9.17) is 5.11 Å². The maximum absolute atomic E-state index is 11.0. The third-order valence-electron chi connectivity index (χ3n) is 1.24. The lowest BCUT2D eigenvalue weighted by Crippen LogP contribution is -2.45. The van der Waals surface area contributed by atoms with Crippen molar-refractivity contribution in [3.05, 3.63) is 0 Å². The molecular formula is C6H12N2O5S. The van der Waals surface area contributed by atoms with Gasteiger partial charge in [0.1, 0.15) is 0 Å². The van der Waals surface area contributed by atoms with E-state index >= 15 is 0 Å². The van der Waals surface area contributed by atoms with Crippen molar-refractivity contribution in [1.82, 2.24) is 10.0 Å². The summed E-state index contributed by atoms with van der Waals surface area (Å²) >= 11 is 0. The number of hydrogen-bond acceptors (Lipinski definition) is 5. The molecule has 8 heteroatoms. The Morgan fingerprint density at radius 2 is 1.93 bits per heavy atom. The van der Waals surface area contributed by atoms with Gasteiger partial charge >= 0.3 is 5.97 Å². The zero-order chi connectivity index (χ0) is 11.4. The van der Waals surface area contributed by atoms with Crippen LogP contribution in [0.4, 0.5) is 0 Å². The number of aliphatic carboxylic acids is 1. The van der Waals surface area contributed by atoms with Crippen molar-refractivity contribution in [3.8, 4) is 0 Å². The molecule has 0 aromatic carbocycles. The standard InChI is InChI=1S/C6H12N2O5S/c1-4(7-3-5(9)10)6(11)8-14(2,12)13/h4,7H,3H2,1-2H3,(H,8,11)(H,9,10)/t4-/m0/s1. The number of carboxylic acids is 1. The number of carbonyl (C=O) groups is 2. The molecule has 14 heavy (non-hydrogen) atoms. The van der Waals surface area contributed by atoms with Crippen molar-refractivity contribution in [1.29, 1.82) is 0 Å². The number of rotatable bonds is 5. The minimum Gasteiger partial charge on any atom is -0.480 e. The average Bonchev–Trinajstić information content (AvgIpc) is 1.96. The lowest BCUT2D eigenvalue weighted by atomic mass is 10.3. The first-order valence-corrected chi connectivity index (χ1v) is 5.58. The van der Waals surface area contributed by atoms with Crippen molar-refractivity contribution in [2.24, 2.45) is 0 Å². The van der Waals surface area contributed by atoms with Gasteiger partial charge in [0, 0.05) is 0 Å². The van der Waals surface area contributed by atoms with Gasteiger partial charge < -0.3 is 5.11 Å². The maximum atomic E-state index is 11.0. The van der Waals surface area contributed by atoms with Crippen LogP contribution in [0.2, 0.25) is 0 Å². The van der Waals surface area contributed by atoms with Crippen molar-refractivity contribution < 1.29 is 23.1 Å². The Labute approximate surface area is 81.5 Å². The van der Waals surface area contributed by atoms with Crippen LogP contribution in [0, 0.1) is 0 Å². The summed E-state index contributed by atoms with van der Waals surface area (Å²) in [4.78, 5) is 21.1. The molecule has 0 saturated heterocycles. The second-order valence-corrected chi connectivity index (χ2v) is 4.48. The predicted molar refractivity (Wildman–Crippen MR) is 48.1 cm³/mol. The largest absolute Gasteiger partial charge is 0.480 e. The van der Waals surface area contributed by atoms with Crippen LogP contribution in [-0.4, -0.2) is 44.2 Å². The summed E-state index contributed by atoms with van der Waals surface area (Å²) in [5.74, 6) is -1.90. The number of sulfonamides is 1. The topological polar surface area (TPSA) is 113 Å². The number of hydrogen-bond donors (Lipinski definition) is 3. The molecule has 0 radical (unpaired) electrons. The number of nitrogens with one attached hydrogen (secondary N) is 2. The summed E-state index contributed by atoms with van der Waals surface area (Å²) in [6.07, 6.45) is 0.842. The molecule has 1 atom stereocenters. The van der Waals surface area contributed by atoms with Gasteiger partial charge in [-0.15, -0.1) is 0 Å². The van der Waals surface area contributed by atoms with E-state index in [1.54, 1.807) is 4.72 Å². The SMILES string of the molecule is C[C@H](NCC(=O)O)C(=O)NS(C)(=O)=O. The predicted octanol–water partition coefficient (Wildman–Crippen LogP) is -1.88. The molecular weight excluding hydrogens is 212 g/mol. The normalized spacial score (nSPS) is 13.3. The quantitative estimate of drug-likeness (QED) is 0.504. The fourth-order valence-electron chi connectivity index (χ4n) is 0.604. The zero-order valence-electron chi connectivity index (χ0n) is 7.77. The summed E-state index contributed by atoms with van der Waals surface area (Å²) < 4.78 is 22.9. The number of carbonyl (C=O) groups excluding carboxylic acids is 1. The second-order valence-electron chi connectivity index (χ2n) is 2.73. The first kappa shape index (κ1) is 12.8. The molecule has 0 unspecified atom stereocenters. The van der Waals surface area contributed by atoms with E-state index in [2.05, 4.69) is 5.32 Å². The summed E-state index contributed by atoms with van der Waals surface area (Å²) in [7, 11) is -3.59. The monoisotopic (exact) mass is 224 g/mol. The van der Waals surface area contributed by atoms with E-state index < -0.39 is 34.5 Å². The van der Waals surface area contributed by atoms with E-state index in [-0.39, 0.29) is 0 Å². The van der Waals surface area contributed by atoms with Gasteiger partial charge in [-0.2, -0.15) is 0 Å². The third kappa shape index (κ3) is 6.38. The lowest BCUT2D eigenvalue weighted by molar-refractivity contribution is -0.136. The minimum atomic E-state index is -3.59. The Kier molecular flexibility index (Phi) is 4.51. The molecule has 0 rings (SSSR count). The molecule has 0 fully saturated rings. The minimum absolute atomic E-state index is 0.404. The Hall–Kier alpha value is -1.15. The molecule has 0 aliphatic carbocycles. The van der Waals surface area contributed by atoms with Crippen LogP contribution in [-0.2, 0) is 19.6 Å². The molecule has 0 bridgehead atoms. The fraction of sp³-hybridized carbons (Fsp3) is 0.667. The van der Waals surface area contributed by atoms with Crippen LogP contribution < -0.4 is 10.0 Å². The molecule has 0 spiro atoms. The van der Waals surface area contributed by atoms with E-state index in [0.717, 1.165) is 6.26 Å². The molecule has 3 N–H and O–H groups in total. The number of carboxylic acid groups (broad SMARTS) is 1. The van der Waals surface area contributed by atoms with Gasteiger partial charge in [0.05, 0.1) is 18.8 Å². The molecule has 0 aromatic heterocycles. The van der Waals surface area contributed by atoms with Gasteiger partial charge in [-0.25, -0.2) is 8.42 Å². The van der Waals surface area contributed by atoms with Crippen molar-refractivity contribution in [3.63, 3.8) is 0 Å². The summed E-state index contributed by atoms with van der Waals surface area (Å²) in [5.41, 5.74) is 0. The van der Waals surface area contributed by atoms with Gasteiger partial charge in [-0.05, 0) is 6.92 Å². The third-order valence-corrected chi connectivity index (χ3v) is 1.81. The molecule has 0 aliphatic heterocycles. The van der Waals surface area contributed by atoms with Crippen LogP contribution >= 0.6 is 0 Å². The second kappa shape index (κ2) is 4.91. The molecule has 7 nitrogen and oxygen atoms in total. The fourth-order valence-corrected chi connectivity index (χ4v) is 1.15. The van der Waals surface area contributed by atoms with Gasteiger partial charge in [-0.3, -0.25) is 19.6 Å². The summed E-state index contributed by atoms with van der Waals surface area (Å²) in [5, 5.41) is 10.6. The van der Waals surface area contributed by atoms with Crippen molar-refractivity contribution >= 4 is 21.9 Å². The average molecular weight is 224 g/mol. The molecule has 0 aliphatic rings. The van der Waals surface area contributed by atoms with Crippen LogP contribution in [0.1, 0.15) is 6.92 Å². The van der Waals surface area contributed by atoms with E-state index in [1.165, 1.54) is 6.92 Å². The van der Waals surface area contributed by atoms with Gasteiger partial charge in [0.15, 0.2) is 0 Å². The molecule has 0 saturated carbocycles. The first-order chi connectivity index (χ1) is 6.22. The highest BCUT2D eigenvalue weighted by Crippen LogP contribution is 1.84. The molecule has 0 aromatic rings. The zero-order valence-corrected chi connectivity index (χ0v) is 8.59. The molecule has 0 heterocycles. The maximum Gasteiger partial charge on any atom is 0.317 e. The van der Waals surface area contributed by atoms with Gasteiger partial charge in [0.25, 0.3) is 0 Å². The smallest absolute Gasteiger partial charge is 0.317 e. The highest BCUT2D eigenvalue weighted by Gasteiger charge is 2.16.